The summed E-state index contributed by atoms with van der Waals surface area (Å²) in [4.78, 5) is 12.4. The average Bonchev–Trinajstić information content (AvgIpc) is 2.86. The van der Waals surface area contributed by atoms with Crippen LogP contribution in [0.3, 0.4) is 0 Å². The minimum absolute atomic E-state index is 0.423. The van der Waals surface area contributed by atoms with Crippen LogP contribution < -0.4 is 11.5 Å². The predicted octanol–water partition coefficient (Wildman–Crippen LogP) is 1.62. The fourth-order valence-electron chi connectivity index (χ4n) is 2.20. The van der Waals surface area contributed by atoms with Crippen LogP contribution in [0.15, 0.2) is 36.9 Å². The van der Waals surface area contributed by atoms with Crippen LogP contribution in [-0.4, -0.2) is 19.5 Å². The first kappa shape index (κ1) is 12.4. The second-order valence-corrected chi connectivity index (χ2v) is 4.71. The number of imidazole rings is 1. The highest BCUT2D eigenvalue weighted by molar-refractivity contribution is 5.81. The number of rotatable bonds is 4. The fraction of sp³-hybridized carbons (Fsp3) is 0.214. The maximum absolute atomic E-state index is 5.76. The van der Waals surface area contributed by atoms with Crippen molar-refractivity contribution in [2.45, 2.75) is 19.4 Å². The van der Waals surface area contributed by atoms with Gasteiger partial charge in [-0.1, -0.05) is 12.1 Å². The maximum Gasteiger partial charge on any atom is 0.165 e. The van der Waals surface area contributed by atoms with Gasteiger partial charge in [0, 0.05) is 12.2 Å². The first-order chi connectivity index (χ1) is 9.74. The number of fused-ring (bicyclic) bond motifs is 1. The second kappa shape index (κ2) is 5.16. The van der Waals surface area contributed by atoms with Crippen LogP contribution in [0.25, 0.3) is 11.2 Å². The quantitative estimate of drug-likeness (QED) is 0.701. The summed E-state index contributed by atoms with van der Waals surface area (Å²) in [6.45, 7) is 0.845. The smallest absolute Gasteiger partial charge is 0.165 e. The predicted molar refractivity (Wildman–Crippen MR) is 78.9 cm³/mol. The van der Waals surface area contributed by atoms with Crippen molar-refractivity contribution in [1.29, 1.82) is 0 Å². The lowest BCUT2D eigenvalue weighted by molar-refractivity contribution is 0.652. The van der Waals surface area contributed by atoms with Crippen LogP contribution >= 0.6 is 0 Å². The third-order valence-electron chi connectivity index (χ3n) is 3.27. The van der Waals surface area contributed by atoms with E-state index in [0.29, 0.717) is 11.3 Å². The Bertz CT molecular complexity index is 716. The second-order valence-electron chi connectivity index (χ2n) is 4.71. The summed E-state index contributed by atoms with van der Waals surface area (Å²) in [6, 6.07) is 7.97. The third-order valence-corrected chi connectivity index (χ3v) is 3.27. The number of nitrogens with two attached hydrogens (primary N) is 2. The van der Waals surface area contributed by atoms with E-state index in [2.05, 4.69) is 27.1 Å². The zero-order valence-corrected chi connectivity index (χ0v) is 11.0. The van der Waals surface area contributed by atoms with Gasteiger partial charge in [0.05, 0.1) is 6.33 Å². The Hall–Kier alpha value is -2.63. The number of anilines is 2. The summed E-state index contributed by atoms with van der Waals surface area (Å²) in [7, 11) is 0. The molecule has 102 valence electrons. The molecule has 0 saturated heterocycles. The maximum atomic E-state index is 5.76. The lowest BCUT2D eigenvalue weighted by Crippen LogP contribution is -2.00. The van der Waals surface area contributed by atoms with Crippen molar-refractivity contribution in [1.82, 2.24) is 19.5 Å². The van der Waals surface area contributed by atoms with Crippen LogP contribution in [0.5, 0.6) is 0 Å². The molecule has 0 unspecified atom stereocenters. The normalized spacial score (nSPS) is 11.0. The van der Waals surface area contributed by atoms with E-state index in [1.54, 1.807) is 6.33 Å². The van der Waals surface area contributed by atoms with E-state index >= 15 is 0 Å². The molecule has 0 amide bonds. The molecule has 0 aliphatic carbocycles. The van der Waals surface area contributed by atoms with Crippen LogP contribution in [0.4, 0.5) is 11.5 Å². The van der Waals surface area contributed by atoms with Crippen molar-refractivity contribution in [2.75, 3.05) is 11.5 Å². The van der Waals surface area contributed by atoms with E-state index in [-0.39, 0.29) is 0 Å². The molecule has 0 radical (unpaired) electrons. The Morgan fingerprint density at radius 2 is 1.80 bits per heavy atom. The van der Waals surface area contributed by atoms with Gasteiger partial charge in [-0.15, -0.1) is 0 Å². The lowest BCUT2D eigenvalue weighted by atomic mass is 10.1. The van der Waals surface area contributed by atoms with E-state index in [9.17, 15) is 0 Å². The summed E-state index contributed by atoms with van der Waals surface area (Å²) >= 11 is 0. The Balaban J connectivity index is 1.68. The fourth-order valence-corrected chi connectivity index (χ4v) is 2.20. The van der Waals surface area contributed by atoms with Crippen molar-refractivity contribution in [3.8, 4) is 0 Å². The van der Waals surface area contributed by atoms with E-state index in [0.717, 1.165) is 30.7 Å². The SMILES string of the molecule is Nc1ccc(CCCn2cnc3c(N)ncnc32)cc1. The van der Waals surface area contributed by atoms with Crippen LogP contribution in [0.2, 0.25) is 0 Å². The summed E-state index contributed by atoms with van der Waals surface area (Å²) in [5.74, 6) is 0.423. The monoisotopic (exact) mass is 268 g/mol. The highest BCUT2D eigenvalue weighted by Gasteiger charge is 2.07. The lowest BCUT2D eigenvalue weighted by Gasteiger charge is -2.04. The van der Waals surface area contributed by atoms with Crippen LogP contribution in [0, 0.1) is 0 Å². The molecule has 4 N–H and O–H groups in total. The number of hydrogen-bond acceptors (Lipinski definition) is 5. The van der Waals surface area contributed by atoms with E-state index < -0.39 is 0 Å². The summed E-state index contributed by atoms with van der Waals surface area (Å²) in [5, 5.41) is 0. The van der Waals surface area contributed by atoms with Gasteiger partial charge in [-0.25, -0.2) is 15.0 Å². The summed E-state index contributed by atoms with van der Waals surface area (Å²) in [5.41, 5.74) is 15.0. The zero-order valence-electron chi connectivity index (χ0n) is 11.0. The summed E-state index contributed by atoms with van der Waals surface area (Å²) < 4.78 is 2.00. The number of benzene rings is 1. The molecule has 2 aromatic heterocycles. The molecule has 1 aromatic carbocycles. The summed E-state index contributed by atoms with van der Waals surface area (Å²) in [6.07, 6.45) is 5.22. The number of nitrogens with zero attached hydrogens (tertiary/aromatic N) is 4. The minimum Gasteiger partial charge on any atom is -0.399 e. The van der Waals surface area contributed by atoms with Crippen molar-refractivity contribution in [3.63, 3.8) is 0 Å². The number of aryl methyl sites for hydroxylation is 2. The molecule has 0 saturated carbocycles. The number of hydrogen-bond donors (Lipinski definition) is 2. The van der Waals surface area contributed by atoms with Crippen LogP contribution in [0.1, 0.15) is 12.0 Å². The third kappa shape index (κ3) is 2.40. The van der Waals surface area contributed by atoms with Crippen molar-refractivity contribution in [2.24, 2.45) is 0 Å². The molecule has 20 heavy (non-hydrogen) atoms. The average molecular weight is 268 g/mol. The molecule has 2 heterocycles. The Kier molecular flexibility index (Phi) is 3.20. The standard InChI is InChI=1S/C14H16N6/c15-11-5-3-10(4-6-11)2-1-7-20-9-19-12-13(16)17-8-18-14(12)20/h3-6,8-9H,1-2,7,15H2,(H2,16,17,18). The van der Waals surface area contributed by atoms with E-state index in [4.69, 9.17) is 11.5 Å². The zero-order chi connectivity index (χ0) is 13.9. The molecule has 0 bridgehead atoms. The molecule has 6 heteroatoms. The number of aromatic nitrogens is 4. The van der Waals surface area contributed by atoms with Gasteiger partial charge in [0.1, 0.15) is 11.8 Å². The largest absolute Gasteiger partial charge is 0.399 e. The van der Waals surface area contributed by atoms with Crippen molar-refractivity contribution in [3.05, 3.63) is 42.5 Å². The minimum atomic E-state index is 0.423. The Morgan fingerprint density at radius 1 is 1.00 bits per heavy atom. The molecule has 0 aliphatic rings. The molecular weight excluding hydrogens is 252 g/mol. The topological polar surface area (TPSA) is 95.6 Å². The van der Waals surface area contributed by atoms with Gasteiger partial charge < -0.3 is 16.0 Å². The Labute approximate surface area is 116 Å². The molecule has 0 spiro atoms. The van der Waals surface area contributed by atoms with Gasteiger partial charge >= 0.3 is 0 Å². The first-order valence-corrected chi connectivity index (χ1v) is 6.50. The van der Waals surface area contributed by atoms with Gasteiger partial charge in [0.15, 0.2) is 11.5 Å². The highest BCUT2D eigenvalue weighted by atomic mass is 15.1. The van der Waals surface area contributed by atoms with Gasteiger partial charge in [-0.3, -0.25) is 0 Å². The van der Waals surface area contributed by atoms with Crippen molar-refractivity contribution < 1.29 is 0 Å². The van der Waals surface area contributed by atoms with Gasteiger partial charge in [-0.2, -0.15) is 0 Å². The van der Waals surface area contributed by atoms with Gasteiger partial charge in [-0.05, 0) is 30.5 Å². The molecule has 0 fully saturated rings. The first-order valence-electron chi connectivity index (χ1n) is 6.50. The highest BCUT2D eigenvalue weighted by Crippen LogP contribution is 2.15. The molecule has 0 atom stereocenters. The molecule has 3 rings (SSSR count). The number of nitrogen functional groups attached to an aromatic ring is 2. The van der Waals surface area contributed by atoms with Crippen molar-refractivity contribution >= 4 is 22.7 Å². The van der Waals surface area contributed by atoms with E-state index in [1.165, 1.54) is 11.9 Å². The molecular formula is C14H16N6. The molecule has 6 nitrogen and oxygen atoms in total. The van der Waals surface area contributed by atoms with E-state index in [1.807, 2.05) is 16.7 Å². The van der Waals surface area contributed by atoms with Crippen LogP contribution in [-0.2, 0) is 13.0 Å². The molecule has 3 aromatic rings. The van der Waals surface area contributed by atoms with Gasteiger partial charge in [0.25, 0.3) is 0 Å². The Morgan fingerprint density at radius 3 is 2.60 bits per heavy atom. The van der Waals surface area contributed by atoms with Gasteiger partial charge in [0.2, 0.25) is 0 Å². The molecule has 0 aliphatic heterocycles.